The molecule has 2 aromatic rings. The van der Waals surface area contributed by atoms with Crippen LogP contribution >= 0.6 is 0 Å². The van der Waals surface area contributed by atoms with E-state index in [2.05, 4.69) is 27.3 Å². The van der Waals surface area contributed by atoms with Crippen LogP contribution in [-0.2, 0) is 4.79 Å². The third kappa shape index (κ3) is 3.96. The number of hydrogen-bond donors (Lipinski definition) is 1. The number of pyridine rings is 1. The van der Waals surface area contributed by atoms with E-state index in [4.69, 9.17) is 0 Å². The van der Waals surface area contributed by atoms with Crippen molar-refractivity contribution >= 4 is 22.5 Å². The van der Waals surface area contributed by atoms with Crippen molar-refractivity contribution in [3.8, 4) is 6.07 Å². The number of carbonyl (C=O) groups excluding carboxylic acids is 1. The molecule has 0 spiro atoms. The Labute approximate surface area is 155 Å². The molecule has 5 heteroatoms. The van der Waals surface area contributed by atoms with E-state index < -0.39 is 0 Å². The average molecular weight is 350 g/mol. The minimum atomic E-state index is -0.364. The Bertz CT molecular complexity index is 847. The van der Waals surface area contributed by atoms with Crippen LogP contribution in [0.5, 0.6) is 0 Å². The molecule has 3 rings (SSSR count). The van der Waals surface area contributed by atoms with Crippen molar-refractivity contribution in [2.45, 2.75) is 33.6 Å². The fourth-order valence-corrected chi connectivity index (χ4v) is 3.43. The molecule has 26 heavy (non-hydrogen) atoms. The second-order valence-corrected chi connectivity index (χ2v) is 8.07. The molecule has 0 radical (unpaired) electrons. The highest BCUT2D eigenvalue weighted by Gasteiger charge is 2.25. The minimum Gasteiger partial charge on any atom is -0.371 e. The second-order valence-electron chi connectivity index (χ2n) is 8.07. The number of benzene rings is 1. The van der Waals surface area contributed by atoms with E-state index in [0.29, 0.717) is 18.2 Å². The third-order valence-corrected chi connectivity index (χ3v) is 4.90. The smallest absolute Gasteiger partial charge is 0.225 e. The highest BCUT2D eigenvalue weighted by atomic mass is 16.2. The number of para-hydroxylation sites is 1. The number of carbonyl (C=O) groups is 1. The summed E-state index contributed by atoms with van der Waals surface area (Å²) in [6.45, 7) is 8.33. The molecule has 1 aliphatic rings. The van der Waals surface area contributed by atoms with Crippen LogP contribution in [0.3, 0.4) is 0 Å². The molecule has 1 amide bonds. The fourth-order valence-electron chi connectivity index (χ4n) is 3.43. The summed E-state index contributed by atoms with van der Waals surface area (Å²) in [6.07, 6.45) is 2.18. The van der Waals surface area contributed by atoms with E-state index in [-0.39, 0.29) is 11.3 Å². The maximum absolute atomic E-state index is 12.1. The number of anilines is 1. The average Bonchev–Trinajstić information content (AvgIpc) is 2.64. The Balaban J connectivity index is 1.79. The normalized spacial score (nSPS) is 17.8. The molecule has 1 atom stereocenters. The summed E-state index contributed by atoms with van der Waals surface area (Å²) in [5.41, 5.74) is 2.00. The van der Waals surface area contributed by atoms with Crippen molar-refractivity contribution in [3.63, 3.8) is 0 Å². The third-order valence-electron chi connectivity index (χ3n) is 4.90. The molecule has 0 aliphatic carbocycles. The van der Waals surface area contributed by atoms with Gasteiger partial charge in [0.25, 0.3) is 0 Å². The first kappa shape index (κ1) is 18.2. The van der Waals surface area contributed by atoms with Crippen LogP contribution in [0, 0.1) is 22.7 Å². The van der Waals surface area contributed by atoms with Gasteiger partial charge < -0.3 is 10.2 Å². The largest absolute Gasteiger partial charge is 0.371 e. The lowest BCUT2D eigenvalue weighted by molar-refractivity contribution is -0.128. The highest BCUT2D eigenvalue weighted by molar-refractivity contribution is 5.92. The summed E-state index contributed by atoms with van der Waals surface area (Å²) in [6, 6.07) is 12.0. The van der Waals surface area contributed by atoms with Crippen LogP contribution in [0.1, 0.15) is 39.3 Å². The van der Waals surface area contributed by atoms with Gasteiger partial charge in [0, 0.05) is 36.1 Å². The van der Waals surface area contributed by atoms with Crippen molar-refractivity contribution in [3.05, 3.63) is 36.0 Å². The second kappa shape index (κ2) is 7.33. The summed E-state index contributed by atoms with van der Waals surface area (Å²) < 4.78 is 0. The van der Waals surface area contributed by atoms with Crippen molar-refractivity contribution < 1.29 is 4.79 Å². The van der Waals surface area contributed by atoms with E-state index in [1.54, 1.807) is 0 Å². The first-order valence-corrected chi connectivity index (χ1v) is 9.21. The standard InChI is InChI=1S/C21H26N4O/c1-21(2,3)20(26)23-13-15-7-6-10-25(14-15)19-11-16(12-22)24-18-9-5-4-8-17(18)19/h4-5,8-9,11,15H,6-7,10,13-14H2,1-3H3,(H,23,26). The zero-order valence-corrected chi connectivity index (χ0v) is 15.7. The van der Waals surface area contributed by atoms with Crippen molar-refractivity contribution in [2.24, 2.45) is 11.3 Å². The van der Waals surface area contributed by atoms with Gasteiger partial charge in [-0.1, -0.05) is 39.0 Å². The quantitative estimate of drug-likeness (QED) is 0.920. The number of piperidine rings is 1. The molecule has 1 aromatic heterocycles. The van der Waals surface area contributed by atoms with Gasteiger partial charge in [-0.2, -0.15) is 5.26 Å². The Kier molecular flexibility index (Phi) is 5.13. The molecule has 1 fully saturated rings. The lowest BCUT2D eigenvalue weighted by atomic mass is 9.93. The van der Waals surface area contributed by atoms with Crippen LogP contribution in [0.25, 0.3) is 10.9 Å². The zero-order valence-electron chi connectivity index (χ0n) is 15.7. The van der Waals surface area contributed by atoms with Crippen LogP contribution in [-0.4, -0.2) is 30.5 Å². The predicted octanol–water partition coefficient (Wildman–Crippen LogP) is 3.49. The van der Waals surface area contributed by atoms with Gasteiger partial charge in [-0.15, -0.1) is 0 Å². The van der Waals surface area contributed by atoms with Gasteiger partial charge in [-0.3, -0.25) is 4.79 Å². The summed E-state index contributed by atoms with van der Waals surface area (Å²) >= 11 is 0. The molecular weight excluding hydrogens is 324 g/mol. The Morgan fingerprint density at radius 2 is 2.15 bits per heavy atom. The lowest BCUT2D eigenvalue weighted by Crippen LogP contribution is -2.43. The first-order chi connectivity index (χ1) is 12.4. The fraction of sp³-hybridized carbons (Fsp3) is 0.476. The molecule has 2 heterocycles. The van der Waals surface area contributed by atoms with Crippen LogP contribution in [0.15, 0.2) is 30.3 Å². The first-order valence-electron chi connectivity index (χ1n) is 9.21. The number of amides is 1. The minimum absolute atomic E-state index is 0.0933. The Morgan fingerprint density at radius 3 is 2.88 bits per heavy atom. The molecule has 136 valence electrons. The predicted molar refractivity (Wildman–Crippen MR) is 104 cm³/mol. The van der Waals surface area contributed by atoms with Gasteiger partial charge in [0.15, 0.2) is 0 Å². The molecule has 1 N–H and O–H groups in total. The molecule has 0 bridgehead atoms. The van der Waals surface area contributed by atoms with Crippen molar-refractivity contribution in [1.29, 1.82) is 5.26 Å². The van der Waals surface area contributed by atoms with Crippen LogP contribution < -0.4 is 10.2 Å². The number of fused-ring (bicyclic) bond motifs is 1. The topological polar surface area (TPSA) is 69.0 Å². The highest BCUT2D eigenvalue weighted by Crippen LogP contribution is 2.30. The van der Waals surface area contributed by atoms with Crippen molar-refractivity contribution in [2.75, 3.05) is 24.5 Å². The lowest BCUT2D eigenvalue weighted by Gasteiger charge is -2.35. The molecule has 1 aromatic carbocycles. The summed E-state index contributed by atoms with van der Waals surface area (Å²) in [7, 11) is 0. The van der Waals surface area contributed by atoms with E-state index in [1.165, 1.54) is 0 Å². The number of rotatable bonds is 3. The Morgan fingerprint density at radius 1 is 1.38 bits per heavy atom. The van der Waals surface area contributed by atoms with Gasteiger partial charge in [-0.05, 0) is 30.9 Å². The monoisotopic (exact) mass is 350 g/mol. The van der Waals surface area contributed by atoms with Gasteiger partial charge >= 0.3 is 0 Å². The molecule has 1 aliphatic heterocycles. The number of hydrogen-bond acceptors (Lipinski definition) is 4. The number of nitrogens with zero attached hydrogens (tertiary/aromatic N) is 3. The van der Waals surface area contributed by atoms with Crippen LogP contribution in [0.2, 0.25) is 0 Å². The summed E-state index contributed by atoms with van der Waals surface area (Å²) in [4.78, 5) is 18.9. The van der Waals surface area contributed by atoms with Gasteiger partial charge in [0.05, 0.1) is 5.52 Å². The number of aromatic nitrogens is 1. The maximum Gasteiger partial charge on any atom is 0.225 e. The summed E-state index contributed by atoms with van der Waals surface area (Å²) in [5, 5.41) is 13.5. The van der Waals surface area contributed by atoms with E-state index in [0.717, 1.165) is 42.5 Å². The zero-order chi connectivity index (χ0) is 18.7. The van der Waals surface area contributed by atoms with Gasteiger partial charge in [0.2, 0.25) is 5.91 Å². The molecular formula is C21H26N4O. The SMILES string of the molecule is CC(C)(C)C(=O)NCC1CCCN(c2cc(C#N)nc3ccccc23)C1. The number of nitriles is 1. The number of nitrogens with one attached hydrogen (secondary N) is 1. The maximum atomic E-state index is 12.1. The molecule has 1 saturated heterocycles. The van der Waals surface area contributed by atoms with Crippen molar-refractivity contribution in [1.82, 2.24) is 10.3 Å². The molecule has 0 saturated carbocycles. The van der Waals surface area contributed by atoms with Gasteiger partial charge in [-0.25, -0.2) is 4.98 Å². The molecule has 1 unspecified atom stereocenters. The van der Waals surface area contributed by atoms with Crippen LogP contribution in [0.4, 0.5) is 5.69 Å². The molecule has 5 nitrogen and oxygen atoms in total. The van der Waals surface area contributed by atoms with E-state index in [9.17, 15) is 10.1 Å². The van der Waals surface area contributed by atoms with E-state index >= 15 is 0 Å². The summed E-state index contributed by atoms with van der Waals surface area (Å²) in [5.74, 6) is 0.503. The van der Waals surface area contributed by atoms with Gasteiger partial charge in [0.1, 0.15) is 11.8 Å². The Hall–Kier alpha value is -2.61. The van der Waals surface area contributed by atoms with E-state index in [1.807, 2.05) is 45.0 Å².